The number of aromatic nitrogens is 4. The van der Waals surface area contributed by atoms with E-state index in [1.165, 1.54) is 24.7 Å². The SMILES string of the molecule is CC1CC1c1cn(-c2cc(C(=O)ON=O)ccn2)c2ncnc(O)c12. The Morgan fingerprint density at radius 3 is 2.92 bits per heavy atom. The van der Waals surface area contributed by atoms with Gasteiger partial charge in [-0.2, -0.15) is 0 Å². The van der Waals surface area contributed by atoms with E-state index >= 15 is 0 Å². The van der Waals surface area contributed by atoms with Crippen molar-refractivity contribution >= 4 is 17.0 Å². The number of carbonyl (C=O) groups excluding carboxylic acids is 1. The second-order valence-electron chi connectivity index (χ2n) is 6.03. The molecule has 0 radical (unpaired) electrons. The smallest absolute Gasteiger partial charge is 0.369 e. The fraction of sp³-hybridized carbons (Fsp3) is 0.250. The second-order valence-corrected chi connectivity index (χ2v) is 6.03. The molecular formula is C16H13N5O4. The Labute approximate surface area is 141 Å². The van der Waals surface area contributed by atoms with Crippen molar-refractivity contribution < 1.29 is 14.7 Å². The zero-order valence-electron chi connectivity index (χ0n) is 13.2. The van der Waals surface area contributed by atoms with Crippen molar-refractivity contribution in [3.05, 3.63) is 46.9 Å². The van der Waals surface area contributed by atoms with Gasteiger partial charge in [-0.15, -0.1) is 4.91 Å². The van der Waals surface area contributed by atoms with Crippen LogP contribution in [0, 0.1) is 10.8 Å². The number of nitrogens with zero attached hydrogens (tertiary/aromatic N) is 5. The van der Waals surface area contributed by atoms with E-state index in [0.29, 0.717) is 28.7 Å². The lowest BCUT2D eigenvalue weighted by Gasteiger charge is -2.04. The van der Waals surface area contributed by atoms with E-state index in [1.54, 1.807) is 4.57 Å². The lowest BCUT2D eigenvalue weighted by molar-refractivity contribution is 0.0508. The minimum Gasteiger partial charge on any atom is -0.493 e. The summed E-state index contributed by atoms with van der Waals surface area (Å²) in [7, 11) is 0. The molecule has 1 saturated carbocycles. The number of fused-ring (bicyclic) bond motifs is 1. The molecule has 0 amide bonds. The lowest BCUT2D eigenvalue weighted by atomic mass is 10.1. The van der Waals surface area contributed by atoms with Gasteiger partial charge in [0.05, 0.1) is 10.9 Å². The van der Waals surface area contributed by atoms with Crippen molar-refractivity contribution in [2.75, 3.05) is 0 Å². The zero-order chi connectivity index (χ0) is 17.6. The summed E-state index contributed by atoms with van der Waals surface area (Å²) < 4.78 is 1.68. The van der Waals surface area contributed by atoms with Gasteiger partial charge in [-0.3, -0.25) is 9.40 Å². The minimum atomic E-state index is -0.872. The number of carbonyl (C=O) groups is 1. The molecule has 3 aromatic rings. The molecule has 0 aliphatic heterocycles. The first-order valence-electron chi connectivity index (χ1n) is 7.65. The van der Waals surface area contributed by atoms with Crippen LogP contribution in [-0.2, 0) is 4.84 Å². The zero-order valence-corrected chi connectivity index (χ0v) is 13.2. The van der Waals surface area contributed by atoms with Crippen LogP contribution in [-0.4, -0.2) is 30.6 Å². The van der Waals surface area contributed by atoms with Gasteiger partial charge in [0.2, 0.25) is 5.88 Å². The molecule has 0 bridgehead atoms. The molecule has 0 saturated heterocycles. The highest BCUT2D eigenvalue weighted by Crippen LogP contribution is 2.50. The molecule has 0 aromatic carbocycles. The highest BCUT2D eigenvalue weighted by Gasteiger charge is 2.37. The molecule has 1 fully saturated rings. The maximum Gasteiger partial charge on any atom is 0.369 e. The van der Waals surface area contributed by atoms with Crippen molar-refractivity contribution in [2.45, 2.75) is 19.3 Å². The second kappa shape index (κ2) is 5.62. The van der Waals surface area contributed by atoms with Crippen molar-refractivity contribution in [1.29, 1.82) is 0 Å². The van der Waals surface area contributed by atoms with E-state index in [1.807, 2.05) is 6.20 Å². The largest absolute Gasteiger partial charge is 0.493 e. The summed E-state index contributed by atoms with van der Waals surface area (Å²) in [5, 5.41) is 12.9. The molecule has 9 heteroatoms. The Hall–Kier alpha value is -3.36. The van der Waals surface area contributed by atoms with Gasteiger partial charge in [0.1, 0.15) is 12.1 Å². The molecule has 1 N–H and O–H groups in total. The Balaban J connectivity index is 1.88. The fourth-order valence-corrected chi connectivity index (χ4v) is 3.05. The number of rotatable bonds is 4. The van der Waals surface area contributed by atoms with Crippen LogP contribution < -0.4 is 0 Å². The number of aromatic hydroxyl groups is 1. The van der Waals surface area contributed by atoms with Crippen LogP contribution in [0.15, 0.2) is 36.2 Å². The topological polar surface area (TPSA) is 120 Å². The van der Waals surface area contributed by atoms with Gasteiger partial charge in [-0.1, -0.05) is 6.92 Å². The van der Waals surface area contributed by atoms with Gasteiger partial charge in [0.25, 0.3) is 0 Å². The van der Waals surface area contributed by atoms with Crippen LogP contribution in [0.2, 0.25) is 0 Å². The third kappa shape index (κ3) is 2.49. The molecule has 2 atom stereocenters. The Kier molecular flexibility index (Phi) is 3.41. The highest BCUT2D eigenvalue weighted by molar-refractivity contribution is 5.90. The predicted octanol–water partition coefficient (Wildman–Crippen LogP) is 2.48. The monoisotopic (exact) mass is 339 g/mol. The summed E-state index contributed by atoms with van der Waals surface area (Å²) in [6.07, 6.45) is 5.56. The molecule has 9 nitrogen and oxygen atoms in total. The maximum atomic E-state index is 11.7. The molecule has 3 aromatic heterocycles. The number of pyridine rings is 1. The van der Waals surface area contributed by atoms with Crippen molar-refractivity contribution in [2.24, 2.45) is 11.3 Å². The van der Waals surface area contributed by atoms with E-state index in [-0.39, 0.29) is 11.4 Å². The normalized spacial score (nSPS) is 18.9. The van der Waals surface area contributed by atoms with Crippen LogP contribution in [0.1, 0.15) is 35.2 Å². The highest BCUT2D eigenvalue weighted by atomic mass is 16.7. The molecular weight excluding hydrogens is 326 g/mol. The third-order valence-corrected chi connectivity index (χ3v) is 4.45. The first kappa shape index (κ1) is 15.2. The van der Waals surface area contributed by atoms with E-state index in [4.69, 9.17) is 0 Å². The van der Waals surface area contributed by atoms with Crippen LogP contribution >= 0.6 is 0 Å². The molecule has 126 valence electrons. The summed E-state index contributed by atoms with van der Waals surface area (Å²) >= 11 is 0. The molecule has 3 heterocycles. The summed E-state index contributed by atoms with van der Waals surface area (Å²) in [5.41, 5.74) is 1.57. The van der Waals surface area contributed by atoms with Gasteiger partial charge in [0, 0.05) is 12.4 Å². The average molecular weight is 339 g/mol. The minimum absolute atomic E-state index is 0.0847. The summed E-state index contributed by atoms with van der Waals surface area (Å²) in [5.74, 6) is 0.296. The molecule has 1 aliphatic carbocycles. The number of hydrogen-bond acceptors (Lipinski definition) is 8. The summed E-state index contributed by atoms with van der Waals surface area (Å²) in [6, 6.07) is 2.88. The quantitative estimate of drug-likeness (QED) is 0.572. The molecule has 1 aliphatic rings. The number of hydrogen-bond donors (Lipinski definition) is 1. The van der Waals surface area contributed by atoms with Crippen LogP contribution in [0.3, 0.4) is 0 Å². The van der Waals surface area contributed by atoms with E-state index in [2.05, 4.69) is 32.1 Å². The first-order valence-corrected chi connectivity index (χ1v) is 7.65. The van der Waals surface area contributed by atoms with Crippen LogP contribution in [0.5, 0.6) is 5.88 Å². The van der Waals surface area contributed by atoms with Crippen molar-refractivity contribution in [3.8, 4) is 11.7 Å². The molecule has 25 heavy (non-hydrogen) atoms. The lowest BCUT2D eigenvalue weighted by Crippen LogP contribution is -2.04. The Morgan fingerprint density at radius 1 is 1.40 bits per heavy atom. The van der Waals surface area contributed by atoms with Gasteiger partial charge in [0.15, 0.2) is 11.0 Å². The van der Waals surface area contributed by atoms with Crippen LogP contribution in [0.25, 0.3) is 16.9 Å². The first-order chi connectivity index (χ1) is 12.1. The predicted molar refractivity (Wildman–Crippen MR) is 86.1 cm³/mol. The van der Waals surface area contributed by atoms with Gasteiger partial charge in [-0.05, 0) is 36.0 Å². The maximum absolute atomic E-state index is 11.7. The fourth-order valence-electron chi connectivity index (χ4n) is 3.05. The van der Waals surface area contributed by atoms with Crippen LogP contribution in [0.4, 0.5) is 0 Å². The van der Waals surface area contributed by atoms with Crippen molar-refractivity contribution in [1.82, 2.24) is 19.5 Å². The molecule has 2 unspecified atom stereocenters. The Bertz CT molecular complexity index is 999. The molecule has 0 spiro atoms. The van der Waals surface area contributed by atoms with Crippen molar-refractivity contribution in [3.63, 3.8) is 0 Å². The Morgan fingerprint density at radius 2 is 2.20 bits per heavy atom. The summed E-state index contributed by atoms with van der Waals surface area (Å²) in [6.45, 7) is 2.13. The third-order valence-electron chi connectivity index (χ3n) is 4.45. The van der Waals surface area contributed by atoms with Gasteiger partial charge < -0.3 is 5.11 Å². The van der Waals surface area contributed by atoms with Gasteiger partial charge in [-0.25, -0.2) is 19.7 Å². The van der Waals surface area contributed by atoms with E-state index in [9.17, 15) is 14.8 Å². The van der Waals surface area contributed by atoms with E-state index in [0.717, 1.165) is 12.0 Å². The standard InChI is InChI=1S/C16H13N5O4/c1-8-4-10(8)11-6-21(14-13(11)15(22)19-7-18-14)12-5-9(2-3-17-12)16(23)25-20-24/h2-3,5-8,10H,4H2,1H3,(H,18,19,22). The average Bonchev–Trinajstić information content (AvgIpc) is 3.20. The van der Waals surface area contributed by atoms with E-state index < -0.39 is 5.97 Å². The summed E-state index contributed by atoms with van der Waals surface area (Å²) in [4.78, 5) is 38.3. The van der Waals surface area contributed by atoms with Gasteiger partial charge >= 0.3 is 5.97 Å². The molecule has 4 rings (SSSR count).